The number of hydrogen-bond donors (Lipinski definition) is 0. The minimum Gasteiger partial charge on any atom is -0.466 e. The average molecular weight is 210 g/mol. The van der Waals surface area contributed by atoms with Gasteiger partial charge in [-0.2, -0.15) is 0 Å². The average Bonchev–Trinajstić information content (AvgIpc) is 3.00. The molecule has 2 saturated carbocycles. The first kappa shape index (κ1) is 10.7. The quantitative estimate of drug-likeness (QED) is 0.523. The first-order valence-electron chi connectivity index (χ1n) is 5.66. The van der Waals surface area contributed by atoms with E-state index in [0.717, 1.165) is 12.7 Å². The zero-order valence-electron chi connectivity index (χ0n) is 9.53. The molecule has 2 aliphatic carbocycles. The number of aldehydes is 1. The first-order valence-corrected chi connectivity index (χ1v) is 5.66. The van der Waals surface area contributed by atoms with Gasteiger partial charge in [0.1, 0.15) is 6.29 Å². The highest BCUT2D eigenvalue weighted by atomic mass is 16.5. The lowest BCUT2D eigenvalue weighted by molar-refractivity contribution is -0.145. The maximum atomic E-state index is 11.6. The molecule has 0 spiro atoms. The van der Waals surface area contributed by atoms with Crippen LogP contribution in [0, 0.1) is 29.1 Å². The second kappa shape index (κ2) is 3.32. The van der Waals surface area contributed by atoms with Crippen LogP contribution < -0.4 is 0 Å². The summed E-state index contributed by atoms with van der Waals surface area (Å²) in [5.74, 6) is 0.948. The first-order chi connectivity index (χ1) is 7.04. The van der Waals surface area contributed by atoms with Crippen LogP contribution in [0.5, 0.6) is 0 Å². The lowest BCUT2D eigenvalue weighted by Gasteiger charge is -2.01. The molecule has 84 valence electrons. The van der Waals surface area contributed by atoms with Crippen molar-refractivity contribution in [2.75, 3.05) is 6.61 Å². The Morgan fingerprint density at radius 2 is 2.20 bits per heavy atom. The topological polar surface area (TPSA) is 43.4 Å². The van der Waals surface area contributed by atoms with Crippen molar-refractivity contribution in [2.24, 2.45) is 29.1 Å². The Balaban J connectivity index is 1.98. The van der Waals surface area contributed by atoms with Crippen molar-refractivity contribution < 1.29 is 14.3 Å². The third-order valence-electron chi connectivity index (χ3n) is 3.98. The number of carbonyl (C=O) groups excluding carboxylic acids is 2. The van der Waals surface area contributed by atoms with Gasteiger partial charge in [0.05, 0.1) is 12.5 Å². The van der Waals surface area contributed by atoms with Crippen molar-refractivity contribution in [1.82, 2.24) is 0 Å². The summed E-state index contributed by atoms with van der Waals surface area (Å²) in [5, 5.41) is 0. The molecule has 0 heterocycles. The van der Waals surface area contributed by atoms with E-state index in [9.17, 15) is 9.59 Å². The van der Waals surface area contributed by atoms with Crippen LogP contribution in [-0.2, 0) is 14.3 Å². The van der Waals surface area contributed by atoms with Crippen molar-refractivity contribution in [2.45, 2.75) is 27.2 Å². The van der Waals surface area contributed by atoms with E-state index in [1.807, 2.05) is 6.92 Å². The fraction of sp³-hybridized carbons (Fsp3) is 0.833. The highest BCUT2D eigenvalue weighted by molar-refractivity contribution is 5.78. The van der Waals surface area contributed by atoms with Crippen LogP contribution in [0.15, 0.2) is 0 Å². The van der Waals surface area contributed by atoms with E-state index in [1.54, 1.807) is 0 Å². The van der Waals surface area contributed by atoms with E-state index in [0.29, 0.717) is 18.4 Å². The smallest absolute Gasteiger partial charge is 0.309 e. The van der Waals surface area contributed by atoms with Crippen LogP contribution in [0.3, 0.4) is 0 Å². The summed E-state index contributed by atoms with van der Waals surface area (Å²) < 4.78 is 5.05. The van der Waals surface area contributed by atoms with E-state index in [1.165, 1.54) is 0 Å². The van der Waals surface area contributed by atoms with Crippen LogP contribution >= 0.6 is 0 Å². The predicted molar refractivity (Wildman–Crippen MR) is 55.1 cm³/mol. The summed E-state index contributed by atoms with van der Waals surface area (Å²) in [6.07, 6.45) is 1.99. The van der Waals surface area contributed by atoms with E-state index >= 15 is 0 Å². The molecule has 2 rings (SSSR count). The largest absolute Gasteiger partial charge is 0.466 e. The van der Waals surface area contributed by atoms with Gasteiger partial charge in [-0.1, -0.05) is 13.8 Å². The van der Waals surface area contributed by atoms with Gasteiger partial charge >= 0.3 is 5.97 Å². The third-order valence-corrected chi connectivity index (χ3v) is 3.98. The molecule has 0 saturated heterocycles. The molecule has 0 aromatic carbocycles. The van der Waals surface area contributed by atoms with Crippen molar-refractivity contribution in [3.63, 3.8) is 0 Å². The molecule has 0 unspecified atom stereocenters. The van der Waals surface area contributed by atoms with Crippen molar-refractivity contribution >= 4 is 12.3 Å². The molecule has 3 nitrogen and oxygen atoms in total. The Labute approximate surface area is 90.2 Å². The lowest BCUT2D eigenvalue weighted by Crippen LogP contribution is -2.10. The van der Waals surface area contributed by atoms with Gasteiger partial charge in [0.2, 0.25) is 0 Å². The molecule has 3 heteroatoms. The second-order valence-corrected chi connectivity index (χ2v) is 5.28. The number of rotatable bonds is 4. The van der Waals surface area contributed by atoms with Crippen LogP contribution in [0.1, 0.15) is 27.2 Å². The summed E-state index contributed by atoms with van der Waals surface area (Å²) in [5.41, 5.74) is 0.0364. The number of carbonyl (C=O) groups is 2. The monoisotopic (exact) mass is 210 g/mol. The zero-order valence-corrected chi connectivity index (χ0v) is 9.53. The van der Waals surface area contributed by atoms with Crippen molar-refractivity contribution in [1.29, 1.82) is 0 Å². The molecule has 0 bridgehead atoms. The fourth-order valence-electron chi connectivity index (χ4n) is 2.96. The van der Waals surface area contributed by atoms with E-state index in [-0.39, 0.29) is 23.2 Å². The Morgan fingerprint density at radius 1 is 1.53 bits per heavy atom. The van der Waals surface area contributed by atoms with Gasteiger partial charge in [0.15, 0.2) is 0 Å². The minimum absolute atomic E-state index is 0.0207. The molecule has 0 aliphatic heterocycles. The third kappa shape index (κ3) is 1.58. The Kier molecular flexibility index (Phi) is 2.36. The molecular weight excluding hydrogens is 192 g/mol. The molecule has 2 aliphatic rings. The number of esters is 1. The maximum Gasteiger partial charge on any atom is 0.309 e. The molecule has 2 fully saturated rings. The van der Waals surface area contributed by atoms with Gasteiger partial charge in [-0.3, -0.25) is 4.79 Å². The summed E-state index contributed by atoms with van der Waals surface area (Å²) in [4.78, 5) is 22.3. The standard InChI is InChI=1S/C12H18O3/c1-4-15-11(14)10-9(12(10,2)3)8-5-7(8)6-13/h6-10H,4-5H2,1-3H3/t7-,8-,9-,10-/m0/s1. The summed E-state index contributed by atoms with van der Waals surface area (Å²) in [6, 6.07) is 0. The SMILES string of the molecule is CCOC(=O)[C@@H]1[C@H]([C@H]2C[C@H]2C=O)C1(C)C. The van der Waals surface area contributed by atoms with E-state index < -0.39 is 0 Å². The molecule has 0 aromatic rings. The van der Waals surface area contributed by atoms with Crippen LogP contribution in [0.4, 0.5) is 0 Å². The normalized spacial score (nSPS) is 40.7. The summed E-state index contributed by atoms with van der Waals surface area (Å²) >= 11 is 0. The van der Waals surface area contributed by atoms with E-state index in [2.05, 4.69) is 13.8 Å². The molecule has 15 heavy (non-hydrogen) atoms. The Bertz CT molecular complexity index is 295. The second-order valence-electron chi connectivity index (χ2n) is 5.28. The Morgan fingerprint density at radius 3 is 2.67 bits per heavy atom. The molecule has 0 aromatic heterocycles. The number of ether oxygens (including phenoxy) is 1. The molecule has 0 radical (unpaired) electrons. The van der Waals surface area contributed by atoms with Gasteiger partial charge in [-0.05, 0) is 30.6 Å². The van der Waals surface area contributed by atoms with Gasteiger partial charge in [-0.15, -0.1) is 0 Å². The van der Waals surface area contributed by atoms with Crippen LogP contribution in [-0.4, -0.2) is 18.9 Å². The fourth-order valence-corrected chi connectivity index (χ4v) is 2.96. The molecule has 0 N–H and O–H groups in total. The van der Waals surface area contributed by atoms with Crippen LogP contribution in [0.2, 0.25) is 0 Å². The molecular formula is C12H18O3. The highest BCUT2D eigenvalue weighted by Gasteiger charge is 2.69. The van der Waals surface area contributed by atoms with Crippen molar-refractivity contribution in [3.8, 4) is 0 Å². The van der Waals surface area contributed by atoms with Gasteiger partial charge in [0, 0.05) is 5.92 Å². The summed E-state index contributed by atoms with van der Waals surface area (Å²) in [7, 11) is 0. The summed E-state index contributed by atoms with van der Waals surface area (Å²) in [6.45, 7) is 6.46. The zero-order chi connectivity index (χ0) is 11.2. The van der Waals surface area contributed by atoms with Gasteiger partial charge in [-0.25, -0.2) is 0 Å². The van der Waals surface area contributed by atoms with Gasteiger partial charge in [0.25, 0.3) is 0 Å². The number of hydrogen-bond acceptors (Lipinski definition) is 3. The molecule has 0 amide bonds. The predicted octanol–water partition coefficient (Wildman–Crippen LogP) is 1.66. The molecule has 4 atom stereocenters. The lowest BCUT2D eigenvalue weighted by atomic mass is 10.1. The van der Waals surface area contributed by atoms with E-state index in [4.69, 9.17) is 4.74 Å². The van der Waals surface area contributed by atoms with Gasteiger partial charge < -0.3 is 9.53 Å². The maximum absolute atomic E-state index is 11.6. The van der Waals surface area contributed by atoms with Crippen LogP contribution in [0.25, 0.3) is 0 Å². The highest BCUT2D eigenvalue weighted by Crippen LogP contribution is 2.68. The van der Waals surface area contributed by atoms with Crippen molar-refractivity contribution in [3.05, 3.63) is 0 Å². The minimum atomic E-state index is -0.0796. The Hall–Kier alpha value is -0.860.